The number of anilines is 3. The monoisotopic (exact) mass is 353 g/mol. The van der Waals surface area contributed by atoms with Crippen LogP contribution in [0.5, 0.6) is 5.75 Å². The molecule has 0 spiro atoms. The number of rotatable bonds is 5. The van der Waals surface area contributed by atoms with Gasteiger partial charge in [0.05, 0.1) is 7.11 Å². The first-order chi connectivity index (χ1) is 12.5. The third-order valence-corrected chi connectivity index (χ3v) is 4.49. The average molecular weight is 353 g/mol. The topological polar surface area (TPSA) is 70.7 Å². The quantitative estimate of drug-likeness (QED) is 0.867. The summed E-state index contributed by atoms with van der Waals surface area (Å²) in [6, 6.07) is 12.6. The average Bonchev–Trinajstić information content (AvgIpc) is 3.05. The molecule has 6 nitrogen and oxygen atoms in total. The number of amides is 2. The van der Waals surface area contributed by atoms with E-state index in [0.717, 1.165) is 34.8 Å². The van der Waals surface area contributed by atoms with Crippen molar-refractivity contribution in [1.82, 2.24) is 0 Å². The summed E-state index contributed by atoms with van der Waals surface area (Å²) in [5.41, 5.74) is 3.66. The molecule has 2 N–H and O–H groups in total. The van der Waals surface area contributed by atoms with Gasteiger partial charge in [0.1, 0.15) is 11.8 Å². The van der Waals surface area contributed by atoms with E-state index in [9.17, 15) is 9.59 Å². The molecule has 0 fully saturated rings. The first-order valence-electron chi connectivity index (χ1n) is 8.60. The summed E-state index contributed by atoms with van der Waals surface area (Å²) in [7, 11) is 1.60. The van der Waals surface area contributed by atoms with E-state index in [1.165, 1.54) is 0 Å². The standard InChI is InChI=1S/C20H23N3O3/c1-13(20(25)22-16-4-7-18(26-3)8-5-16)21-17-6-9-19-15(12-17)10-11-23(19)14(2)24/h4-9,12-13,21H,10-11H2,1-3H3,(H,22,25). The number of nitrogens with zero attached hydrogens (tertiary/aromatic N) is 1. The number of fused-ring (bicyclic) bond motifs is 1. The van der Waals surface area contributed by atoms with Crippen molar-refractivity contribution in [2.75, 3.05) is 29.2 Å². The fourth-order valence-electron chi connectivity index (χ4n) is 3.06. The minimum absolute atomic E-state index is 0.0525. The lowest BCUT2D eigenvalue weighted by atomic mass is 10.1. The van der Waals surface area contributed by atoms with Gasteiger partial charge in [-0.05, 0) is 61.4 Å². The van der Waals surface area contributed by atoms with E-state index in [1.807, 2.05) is 25.1 Å². The molecule has 0 radical (unpaired) electrons. The predicted molar refractivity (Wildman–Crippen MR) is 103 cm³/mol. The third kappa shape index (κ3) is 3.79. The highest BCUT2D eigenvalue weighted by molar-refractivity contribution is 5.97. The Kier molecular flexibility index (Phi) is 5.11. The zero-order valence-corrected chi connectivity index (χ0v) is 15.2. The first kappa shape index (κ1) is 17.8. The molecule has 0 saturated carbocycles. The van der Waals surface area contributed by atoms with Crippen LogP contribution in [-0.2, 0) is 16.0 Å². The van der Waals surface area contributed by atoms with Crippen LogP contribution in [0.3, 0.4) is 0 Å². The van der Waals surface area contributed by atoms with E-state index >= 15 is 0 Å². The van der Waals surface area contributed by atoms with Crippen LogP contribution in [0.2, 0.25) is 0 Å². The maximum absolute atomic E-state index is 12.4. The maximum Gasteiger partial charge on any atom is 0.246 e. The molecule has 2 aromatic rings. The van der Waals surface area contributed by atoms with Gasteiger partial charge >= 0.3 is 0 Å². The molecule has 0 aromatic heterocycles. The Balaban J connectivity index is 1.63. The SMILES string of the molecule is COc1ccc(NC(=O)C(C)Nc2ccc3c(c2)CCN3C(C)=O)cc1. The van der Waals surface area contributed by atoms with Crippen molar-refractivity contribution in [1.29, 1.82) is 0 Å². The fourth-order valence-corrected chi connectivity index (χ4v) is 3.06. The highest BCUT2D eigenvalue weighted by Crippen LogP contribution is 2.30. The van der Waals surface area contributed by atoms with Crippen LogP contribution in [0.25, 0.3) is 0 Å². The number of hydrogen-bond donors (Lipinski definition) is 2. The Bertz CT molecular complexity index is 818. The second kappa shape index (κ2) is 7.47. The van der Waals surface area contributed by atoms with E-state index in [4.69, 9.17) is 4.74 Å². The fraction of sp³-hybridized carbons (Fsp3) is 0.300. The Morgan fingerprint density at radius 2 is 1.81 bits per heavy atom. The van der Waals surface area contributed by atoms with E-state index in [-0.39, 0.29) is 11.8 Å². The number of hydrogen-bond acceptors (Lipinski definition) is 4. The number of carbonyl (C=O) groups is 2. The summed E-state index contributed by atoms with van der Waals surface area (Å²) in [4.78, 5) is 25.8. The van der Waals surface area contributed by atoms with Crippen LogP contribution in [0.4, 0.5) is 17.1 Å². The molecular weight excluding hydrogens is 330 g/mol. The Morgan fingerprint density at radius 1 is 1.12 bits per heavy atom. The number of nitrogens with one attached hydrogen (secondary N) is 2. The van der Waals surface area contributed by atoms with Crippen molar-refractivity contribution in [2.24, 2.45) is 0 Å². The van der Waals surface area contributed by atoms with E-state index < -0.39 is 6.04 Å². The van der Waals surface area contributed by atoms with Gasteiger partial charge < -0.3 is 20.3 Å². The van der Waals surface area contributed by atoms with Gasteiger partial charge in [0.2, 0.25) is 11.8 Å². The van der Waals surface area contributed by atoms with Gasteiger partial charge in [-0.2, -0.15) is 0 Å². The minimum Gasteiger partial charge on any atom is -0.497 e. The Morgan fingerprint density at radius 3 is 2.46 bits per heavy atom. The van der Waals surface area contributed by atoms with Crippen LogP contribution in [0.15, 0.2) is 42.5 Å². The third-order valence-electron chi connectivity index (χ3n) is 4.49. The van der Waals surface area contributed by atoms with Crippen LogP contribution in [0.1, 0.15) is 19.4 Å². The van der Waals surface area contributed by atoms with Crippen LogP contribution >= 0.6 is 0 Å². The van der Waals surface area contributed by atoms with Crippen LogP contribution in [0, 0.1) is 0 Å². The van der Waals surface area contributed by atoms with E-state index in [2.05, 4.69) is 10.6 Å². The number of ether oxygens (including phenoxy) is 1. The van der Waals surface area contributed by atoms with Gasteiger partial charge in [-0.1, -0.05) is 0 Å². The first-order valence-corrected chi connectivity index (χ1v) is 8.60. The number of methoxy groups -OCH3 is 1. The lowest BCUT2D eigenvalue weighted by Crippen LogP contribution is -2.31. The van der Waals surface area contributed by atoms with Gasteiger partial charge in [0.15, 0.2) is 0 Å². The number of benzene rings is 2. The Labute approximate surface area is 153 Å². The van der Waals surface area contributed by atoms with Gasteiger partial charge in [-0.15, -0.1) is 0 Å². The number of carbonyl (C=O) groups excluding carboxylic acids is 2. The van der Waals surface area contributed by atoms with Gasteiger partial charge in [-0.3, -0.25) is 9.59 Å². The smallest absolute Gasteiger partial charge is 0.246 e. The molecule has 1 atom stereocenters. The van der Waals surface area contributed by atoms with Crippen molar-refractivity contribution < 1.29 is 14.3 Å². The molecule has 1 unspecified atom stereocenters. The zero-order chi connectivity index (χ0) is 18.7. The van der Waals surface area contributed by atoms with E-state index in [0.29, 0.717) is 6.54 Å². The Hall–Kier alpha value is -3.02. The van der Waals surface area contributed by atoms with Crippen molar-refractivity contribution in [3.63, 3.8) is 0 Å². The van der Waals surface area contributed by atoms with Crippen molar-refractivity contribution in [3.8, 4) is 5.75 Å². The lowest BCUT2D eigenvalue weighted by molar-refractivity contribution is -0.117. The molecule has 3 rings (SSSR count). The van der Waals surface area contributed by atoms with E-state index in [1.54, 1.807) is 43.2 Å². The van der Waals surface area contributed by atoms with Crippen molar-refractivity contribution in [2.45, 2.75) is 26.3 Å². The second-order valence-electron chi connectivity index (χ2n) is 6.35. The normalized spacial score (nSPS) is 13.7. The molecule has 0 saturated heterocycles. The molecule has 6 heteroatoms. The summed E-state index contributed by atoms with van der Waals surface area (Å²) in [6.45, 7) is 4.10. The molecule has 0 bridgehead atoms. The maximum atomic E-state index is 12.4. The second-order valence-corrected chi connectivity index (χ2v) is 6.35. The van der Waals surface area contributed by atoms with Gasteiger partial charge in [0, 0.05) is 30.5 Å². The molecule has 136 valence electrons. The molecular formula is C20H23N3O3. The predicted octanol–water partition coefficient (Wildman–Crippen LogP) is 3.04. The van der Waals surface area contributed by atoms with Crippen LogP contribution < -0.4 is 20.3 Å². The molecule has 2 amide bonds. The van der Waals surface area contributed by atoms with Crippen molar-refractivity contribution in [3.05, 3.63) is 48.0 Å². The minimum atomic E-state index is -0.402. The van der Waals surface area contributed by atoms with Crippen molar-refractivity contribution >= 4 is 28.9 Å². The van der Waals surface area contributed by atoms with Gasteiger partial charge in [0.25, 0.3) is 0 Å². The summed E-state index contributed by atoms with van der Waals surface area (Å²) < 4.78 is 5.11. The zero-order valence-electron chi connectivity index (χ0n) is 15.2. The largest absolute Gasteiger partial charge is 0.497 e. The lowest BCUT2D eigenvalue weighted by Gasteiger charge is -2.18. The van der Waals surface area contributed by atoms with Crippen LogP contribution in [-0.4, -0.2) is 31.5 Å². The summed E-state index contributed by atoms with van der Waals surface area (Å²) in [5, 5.41) is 6.10. The summed E-state index contributed by atoms with van der Waals surface area (Å²) >= 11 is 0. The highest BCUT2D eigenvalue weighted by atomic mass is 16.5. The molecule has 26 heavy (non-hydrogen) atoms. The molecule has 0 aliphatic carbocycles. The summed E-state index contributed by atoms with van der Waals surface area (Å²) in [6.07, 6.45) is 0.830. The summed E-state index contributed by atoms with van der Waals surface area (Å²) in [5.74, 6) is 0.671. The molecule has 1 heterocycles. The molecule has 2 aromatic carbocycles. The highest BCUT2D eigenvalue weighted by Gasteiger charge is 2.22. The molecule has 1 aliphatic rings. The van der Waals surface area contributed by atoms with Gasteiger partial charge in [-0.25, -0.2) is 0 Å². The molecule has 1 aliphatic heterocycles.